The van der Waals surface area contributed by atoms with Gasteiger partial charge >= 0.3 is 0 Å². The first kappa shape index (κ1) is 25.2. The third kappa shape index (κ3) is 9.65. The fourth-order valence-corrected chi connectivity index (χ4v) is 2.29. The summed E-state index contributed by atoms with van der Waals surface area (Å²) in [5, 5.41) is 25.0. The second kappa shape index (κ2) is 11.8. The molecule has 0 saturated carbocycles. The van der Waals surface area contributed by atoms with Crippen LogP contribution in [0.5, 0.6) is 0 Å². The molecule has 0 fully saturated rings. The quantitative estimate of drug-likeness (QED) is 0.281. The van der Waals surface area contributed by atoms with Crippen molar-refractivity contribution in [1.82, 2.24) is 15.5 Å². The van der Waals surface area contributed by atoms with Crippen LogP contribution in [-0.4, -0.2) is 71.1 Å². The van der Waals surface area contributed by atoms with Gasteiger partial charge in [0.25, 0.3) is 5.91 Å². The number of aliphatic hydroxyl groups is 2. The molecule has 8 heteroatoms. The summed E-state index contributed by atoms with van der Waals surface area (Å²) < 4.78 is 0. The minimum absolute atomic E-state index is 0.0876. The van der Waals surface area contributed by atoms with Crippen LogP contribution in [0, 0.1) is 5.92 Å². The van der Waals surface area contributed by atoms with E-state index in [1.807, 2.05) is 0 Å². The molecular weight excluding hydrogens is 350 g/mol. The molecule has 8 nitrogen and oxygen atoms in total. The van der Waals surface area contributed by atoms with Crippen molar-refractivity contribution in [2.75, 3.05) is 20.2 Å². The summed E-state index contributed by atoms with van der Waals surface area (Å²) in [5.74, 6) is -0.779. The number of likely N-dealkylation sites (N-methyl/N-ethyl adjacent to an activating group) is 1. The monoisotopic (exact) mass is 385 g/mol. The van der Waals surface area contributed by atoms with Crippen LogP contribution in [0.2, 0.25) is 0 Å². The Bertz CT molecular complexity index is 531. The summed E-state index contributed by atoms with van der Waals surface area (Å²) >= 11 is 0. The van der Waals surface area contributed by atoms with Gasteiger partial charge in [0.05, 0.1) is 24.8 Å². The Hall–Kier alpha value is -1.77. The smallest absolute Gasteiger partial charge is 0.290 e. The average molecular weight is 386 g/mol. The number of rotatable bonds is 12. The lowest BCUT2D eigenvalue weighted by atomic mass is 10.0. The zero-order chi connectivity index (χ0) is 21.2. The van der Waals surface area contributed by atoms with E-state index in [1.165, 1.54) is 6.20 Å². The number of carbonyl (C=O) groups excluding carboxylic acids is 3. The zero-order valence-electron chi connectivity index (χ0n) is 17.3. The second-order valence-electron chi connectivity index (χ2n) is 7.84. The van der Waals surface area contributed by atoms with Crippen molar-refractivity contribution in [3.8, 4) is 0 Å². The molecular formula is C19H35N3O5. The molecule has 0 aliphatic heterocycles. The number of aldehydes is 1. The number of carbonyl (C=O) groups is 3. The maximum Gasteiger partial charge on any atom is 0.290 e. The van der Waals surface area contributed by atoms with Crippen molar-refractivity contribution in [2.45, 2.75) is 65.1 Å². The van der Waals surface area contributed by atoms with Crippen molar-refractivity contribution >= 4 is 18.1 Å². The number of amides is 2. The van der Waals surface area contributed by atoms with Gasteiger partial charge in [-0.05, 0) is 52.2 Å². The molecule has 2 unspecified atom stereocenters. The predicted octanol–water partition coefficient (Wildman–Crippen LogP) is 0.190. The van der Waals surface area contributed by atoms with Crippen molar-refractivity contribution in [2.24, 2.45) is 5.92 Å². The van der Waals surface area contributed by atoms with Gasteiger partial charge in [0.2, 0.25) is 12.2 Å². The Labute approximate surface area is 162 Å². The highest BCUT2D eigenvalue weighted by Gasteiger charge is 2.27. The van der Waals surface area contributed by atoms with Gasteiger partial charge in [0.15, 0.2) is 0 Å². The number of aliphatic hydroxyl groups excluding tert-OH is 2. The van der Waals surface area contributed by atoms with E-state index in [0.29, 0.717) is 17.9 Å². The second-order valence-corrected chi connectivity index (χ2v) is 7.84. The molecule has 0 aliphatic carbocycles. The SMILES string of the molecule is CNC(CN(/C=C(\C)C(O)CCC(C)C)C(=O)C=O)C(=O)NC(C)(C)CO. The van der Waals surface area contributed by atoms with Crippen LogP contribution in [-0.2, 0) is 14.4 Å². The number of hydrogen-bond acceptors (Lipinski definition) is 6. The first-order valence-electron chi connectivity index (χ1n) is 9.19. The first-order chi connectivity index (χ1) is 12.5. The predicted molar refractivity (Wildman–Crippen MR) is 104 cm³/mol. The van der Waals surface area contributed by atoms with Crippen molar-refractivity contribution in [3.05, 3.63) is 11.8 Å². The largest absolute Gasteiger partial charge is 0.394 e. The molecule has 0 bridgehead atoms. The summed E-state index contributed by atoms with van der Waals surface area (Å²) in [4.78, 5) is 36.5. The highest BCUT2D eigenvalue weighted by molar-refractivity contribution is 6.23. The third-order valence-corrected chi connectivity index (χ3v) is 4.19. The van der Waals surface area contributed by atoms with Crippen LogP contribution >= 0.6 is 0 Å². The Morgan fingerprint density at radius 2 is 1.81 bits per heavy atom. The van der Waals surface area contributed by atoms with Crippen molar-refractivity contribution in [3.63, 3.8) is 0 Å². The average Bonchev–Trinajstić information content (AvgIpc) is 2.61. The minimum Gasteiger partial charge on any atom is -0.394 e. The molecule has 2 atom stereocenters. The molecule has 0 aromatic heterocycles. The lowest BCUT2D eigenvalue weighted by Crippen LogP contribution is -2.56. The van der Waals surface area contributed by atoms with Crippen LogP contribution in [0.25, 0.3) is 0 Å². The molecule has 0 aliphatic rings. The van der Waals surface area contributed by atoms with E-state index < -0.39 is 29.5 Å². The first-order valence-corrected chi connectivity index (χ1v) is 9.19. The topological polar surface area (TPSA) is 119 Å². The lowest BCUT2D eigenvalue weighted by molar-refractivity contribution is -0.137. The number of hydrogen-bond donors (Lipinski definition) is 4. The van der Waals surface area contributed by atoms with E-state index >= 15 is 0 Å². The molecule has 0 aromatic rings. The molecule has 0 spiro atoms. The fourth-order valence-electron chi connectivity index (χ4n) is 2.29. The molecule has 4 N–H and O–H groups in total. The molecule has 27 heavy (non-hydrogen) atoms. The van der Waals surface area contributed by atoms with Gasteiger partial charge in [-0.3, -0.25) is 14.4 Å². The van der Waals surface area contributed by atoms with E-state index in [9.17, 15) is 24.6 Å². The summed E-state index contributed by atoms with van der Waals surface area (Å²) in [6.45, 7) is 8.79. The highest BCUT2D eigenvalue weighted by atomic mass is 16.3. The highest BCUT2D eigenvalue weighted by Crippen LogP contribution is 2.14. The molecule has 0 rings (SSSR count). The van der Waals surface area contributed by atoms with Gasteiger partial charge in [-0.25, -0.2) is 0 Å². The Morgan fingerprint density at radius 1 is 1.22 bits per heavy atom. The Kier molecular flexibility index (Phi) is 11.1. The Balaban J connectivity index is 5.28. The van der Waals surface area contributed by atoms with Crippen LogP contribution in [0.15, 0.2) is 11.8 Å². The number of nitrogens with zero attached hydrogens (tertiary/aromatic N) is 1. The number of nitrogens with one attached hydrogen (secondary N) is 2. The van der Waals surface area contributed by atoms with Crippen LogP contribution < -0.4 is 10.6 Å². The van der Waals surface area contributed by atoms with Crippen LogP contribution in [0.4, 0.5) is 0 Å². The van der Waals surface area contributed by atoms with E-state index in [4.69, 9.17) is 0 Å². The molecule has 156 valence electrons. The van der Waals surface area contributed by atoms with Gasteiger partial charge in [-0.1, -0.05) is 13.8 Å². The van der Waals surface area contributed by atoms with E-state index in [-0.39, 0.29) is 19.4 Å². The molecule has 2 amide bonds. The van der Waals surface area contributed by atoms with E-state index in [0.717, 1.165) is 11.3 Å². The zero-order valence-corrected chi connectivity index (χ0v) is 17.3. The van der Waals surface area contributed by atoms with Gasteiger partial charge in [-0.15, -0.1) is 0 Å². The van der Waals surface area contributed by atoms with Crippen molar-refractivity contribution in [1.29, 1.82) is 0 Å². The summed E-state index contributed by atoms with van der Waals surface area (Å²) in [7, 11) is 1.56. The minimum atomic E-state index is -0.815. The van der Waals surface area contributed by atoms with Crippen LogP contribution in [0.1, 0.15) is 47.5 Å². The Morgan fingerprint density at radius 3 is 2.26 bits per heavy atom. The van der Waals surface area contributed by atoms with Gasteiger partial charge in [0, 0.05) is 6.20 Å². The third-order valence-electron chi connectivity index (χ3n) is 4.19. The molecule has 0 aromatic carbocycles. The van der Waals surface area contributed by atoms with Crippen LogP contribution in [0.3, 0.4) is 0 Å². The molecule has 0 heterocycles. The lowest BCUT2D eigenvalue weighted by Gasteiger charge is -2.29. The fraction of sp³-hybridized carbons (Fsp3) is 0.737. The normalized spacial score (nSPS) is 14.6. The van der Waals surface area contributed by atoms with Gasteiger partial charge in [0.1, 0.15) is 6.04 Å². The van der Waals surface area contributed by atoms with E-state index in [2.05, 4.69) is 24.5 Å². The van der Waals surface area contributed by atoms with Gasteiger partial charge in [-0.2, -0.15) is 0 Å². The summed E-state index contributed by atoms with van der Waals surface area (Å²) in [6, 6.07) is -0.795. The molecule has 0 radical (unpaired) electrons. The van der Waals surface area contributed by atoms with Gasteiger partial charge < -0.3 is 25.7 Å². The van der Waals surface area contributed by atoms with E-state index in [1.54, 1.807) is 27.8 Å². The maximum atomic E-state index is 12.4. The summed E-state index contributed by atoms with van der Waals surface area (Å²) in [6.07, 6.45) is 2.23. The summed E-state index contributed by atoms with van der Waals surface area (Å²) in [5.41, 5.74) is -0.276. The standard InChI is InChI=1S/C19H35N3O5/c1-13(2)7-8-16(25)14(3)9-22(17(26)11-23)10-15(20-6)18(27)21-19(4,5)12-24/h9,11,13,15-16,20,24-25H,7-8,10,12H2,1-6H3,(H,21,27)/b14-9+. The molecule has 0 saturated heterocycles. The maximum absolute atomic E-state index is 12.4. The van der Waals surface area contributed by atoms with Crippen molar-refractivity contribution < 1.29 is 24.6 Å².